The van der Waals surface area contributed by atoms with Gasteiger partial charge in [0.2, 0.25) is 0 Å². The van der Waals surface area contributed by atoms with E-state index in [9.17, 15) is 0 Å². The maximum Gasteiger partial charge on any atom is 0.0492 e. The third-order valence-corrected chi connectivity index (χ3v) is 4.17. The van der Waals surface area contributed by atoms with Gasteiger partial charge in [-0.1, -0.05) is 6.07 Å². The van der Waals surface area contributed by atoms with Crippen LogP contribution in [0.3, 0.4) is 0 Å². The first-order valence-electron chi connectivity index (χ1n) is 3.95. The van der Waals surface area contributed by atoms with Crippen LogP contribution in [0.1, 0.15) is 6.92 Å². The van der Waals surface area contributed by atoms with Crippen molar-refractivity contribution >= 4 is 33.4 Å². The molecule has 1 aliphatic heterocycles. The summed E-state index contributed by atoms with van der Waals surface area (Å²) in [6, 6.07) is 6.86. The highest BCUT2D eigenvalue weighted by Gasteiger charge is 2.15. The van der Waals surface area contributed by atoms with Gasteiger partial charge in [0.05, 0.1) is 0 Å². The molecule has 1 aromatic carbocycles. The maximum absolute atomic E-state index is 3.54. The third kappa shape index (κ3) is 1.48. The summed E-state index contributed by atoms with van der Waals surface area (Å²) in [4.78, 5) is 1.34. The standard InChI is InChI=1S/C9H10BrNS/c1-6-5-12-9-7(10)3-2-4-8(9)11-6/h2-4,6,11H,5H2,1H3. The molecule has 0 aliphatic carbocycles. The normalized spacial score (nSPS) is 21.3. The fraction of sp³-hybridized carbons (Fsp3) is 0.333. The molecule has 0 fully saturated rings. The molecule has 1 unspecified atom stereocenters. The largest absolute Gasteiger partial charge is 0.381 e. The molecule has 0 aromatic heterocycles. The van der Waals surface area contributed by atoms with Crippen LogP contribution in [-0.2, 0) is 0 Å². The molecule has 1 nitrogen and oxygen atoms in total. The molecule has 64 valence electrons. The van der Waals surface area contributed by atoms with Gasteiger partial charge in [-0.2, -0.15) is 0 Å². The molecule has 0 bridgehead atoms. The van der Waals surface area contributed by atoms with Crippen LogP contribution in [0.25, 0.3) is 0 Å². The number of benzene rings is 1. The summed E-state index contributed by atoms with van der Waals surface area (Å²) in [6.45, 7) is 2.21. The Bertz CT molecular complexity index is 301. The predicted molar refractivity (Wildman–Crippen MR) is 58.0 cm³/mol. The molecular formula is C9H10BrNS. The molecule has 0 saturated carbocycles. The van der Waals surface area contributed by atoms with E-state index in [0.29, 0.717) is 6.04 Å². The zero-order valence-electron chi connectivity index (χ0n) is 6.80. The molecule has 0 saturated heterocycles. The zero-order chi connectivity index (χ0) is 8.55. The van der Waals surface area contributed by atoms with Gasteiger partial charge in [-0.3, -0.25) is 0 Å². The molecule has 0 amide bonds. The first-order valence-corrected chi connectivity index (χ1v) is 5.73. The Labute approximate surface area is 85.1 Å². The Balaban J connectivity index is 2.42. The average Bonchev–Trinajstić information content (AvgIpc) is 2.04. The lowest BCUT2D eigenvalue weighted by Gasteiger charge is -2.24. The van der Waals surface area contributed by atoms with Crippen molar-refractivity contribution < 1.29 is 0 Å². The Hall–Kier alpha value is -0.150. The average molecular weight is 244 g/mol. The van der Waals surface area contributed by atoms with Gasteiger partial charge in [0.25, 0.3) is 0 Å². The molecule has 1 aliphatic rings. The molecule has 3 heteroatoms. The molecule has 2 rings (SSSR count). The van der Waals surface area contributed by atoms with Crippen LogP contribution in [-0.4, -0.2) is 11.8 Å². The highest BCUT2D eigenvalue weighted by Crippen LogP contribution is 2.38. The highest BCUT2D eigenvalue weighted by atomic mass is 79.9. The van der Waals surface area contributed by atoms with Crippen LogP contribution in [0.5, 0.6) is 0 Å². The fourth-order valence-electron chi connectivity index (χ4n) is 1.28. The number of nitrogens with one attached hydrogen (secondary N) is 1. The number of fused-ring (bicyclic) bond motifs is 1. The van der Waals surface area contributed by atoms with E-state index in [1.54, 1.807) is 0 Å². The zero-order valence-corrected chi connectivity index (χ0v) is 9.21. The minimum Gasteiger partial charge on any atom is -0.381 e. The smallest absolute Gasteiger partial charge is 0.0492 e. The number of halogens is 1. The first kappa shape index (κ1) is 8.45. The van der Waals surface area contributed by atoms with Gasteiger partial charge in [-0.05, 0) is 35.0 Å². The summed E-state index contributed by atoms with van der Waals surface area (Å²) in [5.41, 5.74) is 1.26. The number of hydrogen-bond donors (Lipinski definition) is 1. The van der Waals surface area contributed by atoms with Crippen molar-refractivity contribution in [1.29, 1.82) is 0 Å². The van der Waals surface area contributed by atoms with Gasteiger partial charge in [-0.25, -0.2) is 0 Å². The second kappa shape index (κ2) is 3.30. The van der Waals surface area contributed by atoms with Crippen molar-refractivity contribution in [3.8, 4) is 0 Å². The van der Waals surface area contributed by atoms with Crippen molar-refractivity contribution in [3.05, 3.63) is 22.7 Å². The highest BCUT2D eigenvalue weighted by molar-refractivity contribution is 9.10. The molecule has 1 heterocycles. The van der Waals surface area contributed by atoms with Crippen LogP contribution in [0.2, 0.25) is 0 Å². The lowest BCUT2D eigenvalue weighted by atomic mass is 10.3. The van der Waals surface area contributed by atoms with E-state index in [1.165, 1.54) is 15.1 Å². The van der Waals surface area contributed by atoms with Gasteiger partial charge in [-0.15, -0.1) is 11.8 Å². The van der Waals surface area contributed by atoms with Crippen LogP contribution in [0.4, 0.5) is 5.69 Å². The number of hydrogen-bond acceptors (Lipinski definition) is 2. The molecule has 1 atom stereocenters. The molecule has 1 N–H and O–H groups in total. The topological polar surface area (TPSA) is 12.0 Å². The minimum atomic E-state index is 0.580. The van der Waals surface area contributed by atoms with Gasteiger partial charge < -0.3 is 5.32 Å². The molecule has 0 radical (unpaired) electrons. The van der Waals surface area contributed by atoms with Crippen molar-refractivity contribution in [3.63, 3.8) is 0 Å². The minimum absolute atomic E-state index is 0.580. The maximum atomic E-state index is 3.54. The van der Waals surface area contributed by atoms with Crippen LogP contribution in [0, 0.1) is 0 Å². The van der Waals surface area contributed by atoms with E-state index in [-0.39, 0.29) is 0 Å². The van der Waals surface area contributed by atoms with Crippen molar-refractivity contribution in [2.24, 2.45) is 0 Å². The summed E-state index contributed by atoms with van der Waals surface area (Å²) >= 11 is 5.46. The second-order valence-corrected chi connectivity index (χ2v) is 4.86. The summed E-state index contributed by atoms with van der Waals surface area (Å²) in [7, 11) is 0. The van der Waals surface area contributed by atoms with Crippen molar-refractivity contribution in [2.45, 2.75) is 17.9 Å². The van der Waals surface area contributed by atoms with E-state index >= 15 is 0 Å². The predicted octanol–water partition coefficient (Wildman–Crippen LogP) is 3.36. The Morgan fingerprint density at radius 2 is 2.42 bits per heavy atom. The van der Waals surface area contributed by atoms with Crippen LogP contribution in [0.15, 0.2) is 27.6 Å². The van der Waals surface area contributed by atoms with E-state index in [2.05, 4.69) is 46.4 Å². The van der Waals surface area contributed by atoms with Crippen molar-refractivity contribution in [2.75, 3.05) is 11.1 Å². The number of anilines is 1. The van der Waals surface area contributed by atoms with E-state index in [0.717, 1.165) is 5.75 Å². The van der Waals surface area contributed by atoms with Crippen LogP contribution >= 0.6 is 27.7 Å². The van der Waals surface area contributed by atoms with Crippen molar-refractivity contribution in [1.82, 2.24) is 0 Å². The molecular weight excluding hydrogens is 234 g/mol. The Morgan fingerprint density at radius 1 is 1.58 bits per heavy atom. The monoisotopic (exact) mass is 243 g/mol. The third-order valence-electron chi connectivity index (χ3n) is 1.85. The first-order chi connectivity index (χ1) is 5.77. The van der Waals surface area contributed by atoms with E-state index in [1.807, 2.05) is 11.8 Å². The Morgan fingerprint density at radius 3 is 3.25 bits per heavy atom. The van der Waals surface area contributed by atoms with E-state index < -0.39 is 0 Å². The SMILES string of the molecule is CC1CSc2c(Br)cccc2N1. The van der Waals surface area contributed by atoms with Crippen LogP contribution < -0.4 is 5.32 Å². The van der Waals surface area contributed by atoms with Gasteiger partial charge in [0, 0.05) is 26.9 Å². The number of rotatable bonds is 0. The van der Waals surface area contributed by atoms with Gasteiger partial charge in [0.15, 0.2) is 0 Å². The summed E-state index contributed by atoms with van der Waals surface area (Å²) in [5, 5.41) is 3.45. The lowest BCUT2D eigenvalue weighted by Crippen LogP contribution is -2.21. The number of thioether (sulfide) groups is 1. The quantitative estimate of drug-likeness (QED) is 0.751. The second-order valence-electron chi connectivity index (χ2n) is 2.97. The summed E-state index contributed by atoms with van der Waals surface area (Å²) < 4.78 is 1.20. The lowest BCUT2D eigenvalue weighted by molar-refractivity contribution is 0.893. The van der Waals surface area contributed by atoms with Gasteiger partial charge in [0.1, 0.15) is 0 Å². The fourth-order valence-corrected chi connectivity index (χ4v) is 2.98. The van der Waals surface area contributed by atoms with Gasteiger partial charge >= 0.3 is 0 Å². The Kier molecular flexibility index (Phi) is 2.33. The van der Waals surface area contributed by atoms with E-state index in [4.69, 9.17) is 0 Å². The summed E-state index contributed by atoms with van der Waals surface area (Å²) in [5.74, 6) is 1.15. The molecule has 12 heavy (non-hydrogen) atoms. The molecule has 1 aromatic rings. The summed E-state index contributed by atoms with van der Waals surface area (Å²) in [6.07, 6.45) is 0. The molecule has 0 spiro atoms.